The van der Waals surface area contributed by atoms with Gasteiger partial charge in [0.1, 0.15) is 11.3 Å². The van der Waals surface area contributed by atoms with Crippen molar-refractivity contribution in [1.82, 2.24) is 4.98 Å². The second-order valence-electron chi connectivity index (χ2n) is 2.30. The molecule has 0 atom stereocenters. The lowest BCUT2D eigenvalue weighted by molar-refractivity contribution is 0.0688. The van der Waals surface area contributed by atoms with Gasteiger partial charge in [-0.25, -0.2) is 22.9 Å². The summed E-state index contributed by atoms with van der Waals surface area (Å²) in [5.74, 6) is -4.94. The van der Waals surface area contributed by atoms with Crippen molar-refractivity contribution in [2.75, 3.05) is 0 Å². The van der Waals surface area contributed by atoms with Crippen LogP contribution < -0.4 is 0 Å². The van der Waals surface area contributed by atoms with Gasteiger partial charge in [0.05, 0.1) is 0 Å². The van der Waals surface area contributed by atoms with Gasteiger partial charge in [-0.2, -0.15) is 4.39 Å². The number of halogens is 4. The minimum Gasteiger partial charge on any atom is -0.478 e. The Morgan fingerprint density at radius 3 is 2.43 bits per heavy atom. The predicted octanol–water partition coefficient (Wildman–Crippen LogP) is 2.00. The van der Waals surface area contributed by atoms with E-state index < -0.39 is 35.4 Å². The van der Waals surface area contributed by atoms with Crippen LogP contribution >= 0.6 is 0 Å². The van der Waals surface area contributed by atoms with E-state index >= 15 is 0 Å². The first-order valence-corrected chi connectivity index (χ1v) is 3.31. The van der Waals surface area contributed by atoms with Crippen LogP contribution in [0.1, 0.15) is 22.5 Å². The Balaban J connectivity index is 3.31. The summed E-state index contributed by atoms with van der Waals surface area (Å²) in [5, 5.41) is 8.29. The van der Waals surface area contributed by atoms with Gasteiger partial charge in [-0.05, 0) is 6.07 Å². The zero-order chi connectivity index (χ0) is 10.9. The van der Waals surface area contributed by atoms with E-state index in [1.807, 2.05) is 0 Å². The Morgan fingerprint density at radius 1 is 1.43 bits per heavy atom. The highest BCUT2D eigenvalue weighted by Crippen LogP contribution is 2.21. The summed E-state index contributed by atoms with van der Waals surface area (Å²) in [4.78, 5) is 12.7. The number of hydrogen-bond donors (Lipinski definition) is 1. The molecule has 1 rings (SSSR count). The quantitative estimate of drug-likeness (QED) is 0.598. The molecule has 0 aliphatic carbocycles. The van der Waals surface area contributed by atoms with Gasteiger partial charge in [0.15, 0.2) is 5.82 Å². The Bertz CT molecular complexity index is 380. The van der Waals surface area contributed by atoms with Crippen LogP contribution in [0.15, 0.2) is 6.07 Å². The SMILES string of the molecule is O=C(O)c1cc(F)c(C(F)F)nc1F. The average Bonchev–Trinajstić information content (AvgIpc) is 2.07. The van der Waals surface area contributed by atoms with Crippen LogP contribution in [-0.2, 0) is 0 Å². The van der Waals surface area contributed by atoms with E-state index in [1.54, 1.807) is 0 Å². The molecule has 1 aromatic heterocycles. The van der Waals surface area contributed by atoms with Gasteiger partial charge >= 0.3 is 5.97 Å². The van der Waals surface area contributed by atoms with E-state index in [0.29, 0.717) is 0 Å². The summed E-state index contributed by atoms with van der Waals surface area (Å²) in [5.41, 5.74) is -2.47. The first-order valence-electron chi connectivity index (χ1n) is 3.31. The molecule has 0 saturated carbocycles. The van der Waals surface area contributed by atoms with E-state index in [-0.39, 0.29) is 6.07 Å². The number of hydrogen-bond acceptors (Lipinski definition) is 2. The highest BCUT2D eigenvalue weighted by atomic mass is 19.3. The minimum atomic E-state index is -3.28. The van der Waals surface area contributed by atoms with Crippen LogP contribution in [0, 0.1) is 11.8 Å². The molecule has 1 aromatic rings. The van der Waals surface area contributed by atoms with Gasteiger partial charge in [0.25, 0.3) is 6.43 Å². The molecule has 0 radical (unpaired) electrons. The fourth-order valence-corrected chi connectivity index (χ4v) is 0.783. The third kappa shape index (κ3) is 1.81. The monoisotopic (exact) mass is 209 g/mol. The Hall–Kier alpha value is -1.66. The first-order chi connectivity index (χ1) is 6.43. The molecule has 0 aromatic carbocycles. The van der Waals surface area contributed by atoms with Crippen LogP contribution in [0.5, 0.6) is 0 Å². The number of rotatable bonds is 2. The van der Waals surface area contributed by atoms with Gasteiger partial charge in [-0.3, -0.25) is 0 Å². The molecule has 0 fully saturated rings. The molecule has 76 valence electrons. The number of alkyl halides is 2. The molecule has 0 saturated heterocycles. The highest BCUT2D eigenvalue weighted by molar-refractivity contribution is 5.87. The summed E-state index contributed by atoms with van der Waals surface area (Å²) in [6.07, 6.45) is -3.28. The fourth-order valence-electron chi connectivity index (χ4n) is 0.783. The molecule has 0 amide bonds. The summed E-state index contributed by atoms with van der Waals surface area (Å²) in [7, 11) is 0. The fraction of sp³-hybridized carbons (Fsp3) is 0.143. The Labute approximate surface area is 75.0 Å². The van der Waals surface area contributed by atoms with E-state index in [0.717, 1.165) is 0 Å². The van der Waals surface area contributed by atoms with Crippen molar-refractivity contribution in [3.8, 4) is 0 Å². The van der Waals surface area contributed by atoms with Crippen molar-refractivity contribution >= 4 is 5.97 Å². The summed E-state index contributed by atoms with van der Waals surface area (Å²) >= 11 is 0. The minimum absolute atomic E-state index is 0.173. The van der Waals surface area contributed by atoms with Crippen molar-refractivity contribution in [3.05, 3.63) is 29.1 Å². The number of aromatic carboxylic acids is 1. The average molecular weight is 209 g/mol. The normalized spacial score (nSPS) is 10.6. The molecule has 0 bridgehead atoms. The summed E-state index contributed by atoms with van der Waals surface area (Å²) < 4.78 is 49.2. The predicted molar refractivity (Wildman–Crippen MR) is 36.1 cm³/mol. The molecule has 0 aliphatic rings. The second kappa shape index (κ2) is 3.60. The van der Waals surface area contributed by atoms with E-state index in [2.05, 4.69) is 4.98 Å². The number of nitrogens with zero attached hydrogens (tertiary/aromatic N) is 1. The topological polar surface area (TPSA) is 50.2 Å². The smallest absolute Gasteiger partial charge is 0.340 e. The number of aromatic nitrogens is 1. The van der Waals surface area contributed by atoms with Crippen molar-refractivity contribution in [2.24, 2.45) is 0 Å². The zero-order valence-electron chi connectivity index (χ0n) is 6.47. The maximum absolute atomic E-state index is 12.7. The van der Waals surface area contributed by atoms with Crippen LogP contribution in [0.3, 0.4) is 0 Å². The van der Waals surface area contributed by atoms with E-state index in [9.17, 15) is 22.4 Å². The number of carboxylic acids is 1. The van der Waals surface area contributed by atoms with Gasteiger partial charge in [-0.15, -0.1) is 0 Å². The number of carbonyl (C=O) groups is 1. The molecule has 7 heteroatoms. The molecule has 14 heavy (non-hydrogen) atoms. The van der Waals surface area contributed by atoms with Crippen molar-refractivity contribution in [1.29, 1.82) is 0 Å². The zero-order valence-corrected chi connectivity index (χ0v) is 6.47. The largest absolute Gasteiger partial charge is 0.478 e. The van der Waals surface area contributed by atoms with E-state index in [4.69, 9.17) is 5.11 Å². The molecule has 1 heterocycles. The van der Waals surface area contributed by atoms with Gasteiger partial charge in [0.2, 0.25) is 5.95 Å². The summed E-state index contributed by atoms with van der Waals surface area (Å²) in [6, 6.07) is 0.173. The molecule has 0 aliphatic heterocycles. The molecular weight excluding hydrogens is 206 g/mol. The van der Waals surface area contributed by atoms with E-state index in [1.165, 1.54) is 0 Å². The van der Waals surface area contributed by atoms with Gasteiger partial charge in [-0.1, -0.05) is 0 Å². The third-order valence-electron chi connectivity index (χ3n) is 1.39. The third-order valence-corrected chi connectivity index (χ3v) is 1.39. The lowest BCUT2D eigenvalue weighted by Gasteiger charge is -2.02. The van der Waals surface area contributed by atoms with Crippen molar-refractivity contribution in [3.63, 3.8) is 0 Å². The maximum Gasteiger partial charge on any atom is 0.340 e. The van der Waals surface area contributed by atoms with Crippen LogP contribution in [0.2, 0.25) is 0 Å². The summed E-state index contributed by atoms with van der Waals surface area (Å²) in [6.45, 7) is 0. The Kier molecular flexibility index (Phi) is 2.68. The molecule has 1 N–H and O–H groups in total. The number of carboxylic acid groups (broad SMARTS) is 1. The molecule has 3 nitrogen and oxygen atoms in total. The molecule has 0 spiro atoms. The second-order valence-corrected chi connectivity index (χ2v) is 2.30. The van der Waals surface area contributed by atoms with Gasteiger partial charge in [0, 0.05) is 0 Å². The highest BCUT2D eigenvalue weighted by Gasteiger charge is 2.21. The first kappa shape index (κ1) is 10.4. The van der Waals surface area contributed by atoms with Crippen LogP contribution in [0.25, 0.3) is 0 Å². The molecule has 0 unspecified atom stereocenters. The van der Waals surface area contributed by atoms with Crippen LogP contribution in [0.4, 0.5) is 17.6 Å². The van der Waals surface area contributed by atoms with Crippen molar-refractivity contribution in [2.45, 2.75) is 6.43 Å². The molecular formula is C7H3F4NO2. The van der Waals surface area contributed by atoms with Crippen LogP contribution in [-0.4, -0.2) is 16.1 Å². The maximum atomic E-state index is 12.7. The standard InChI is InChI=1S/C7H3F4NO2/c8-3-1-2(7(13)14)6(11)12-4(3)5(9)10/h1,5H,(H,13,14). The Morgan fingerprint density at radius 2 is 2.00 bits per heavy atom. The lowest BCUT2D eigenvalue weighted by Crippen LogP contribution is -2.07. The van der Waals surface area contributed by atoms with Gasteiger partial charge < -0.3 is 5.11 Å². The lowest BCUT2D eigenvalue weighted by atomic mass is 10.2. The number of pyridine rings is 1. The van der Waals surface area contributed by atoms with Crippen molar-refractivity contribution < 1.29 is 27.5 Å².